The Labute approximate surface area is 216 Å². The summed E-state index contributed by atoms with van der Waals surface area (Å²) >= 11 is 0. The van der Waals surface area contributed by atoms with Gasteiger partial charge in [-0.05, 0) is 64.1 Å². The monoisotopic (exact) mass is 546 g/mol. The number of halogens is 2. The van der Waals surface area contributed by atoms with Crippen LogP contribution >= 0.6 is 0 Å². The molecule has 1 amide bonds. The number of aromatic nitrogens is 4. The molecular weight excluding hydrogens is 522 g/mol. The van der Waals surface area contributed by atoms with Crippen LogP contribution in [0.5, 0.6) is 11.5 Å². The number of amides is 1. The molecule has 14 heteroatoms. The molecule has 0 saturated heterocycles. The van der Waals surface area contributed by atoms with Gasteiger partial charge >= 0.3 is 6.09 Å². The Bertz CT molecular complexity index is 1620. The summed E-state index contributed by atoms with van der Waals surface area (Å²) in [5.74, 6) is -1.70. The van der Waals surface area contributed by atoms with Gasteiger partial charge in [0.2, 0.25) is 15.7 Å². The van der Waals surface area contributed by atoms with Crippen LogP contribution < -0.4 is 14.8 Å². The zero-order valence-corrected chi connectivity index (χ0v) is 21.6. The molecule has 0 fully saturated rings. The van der Waals surface area contributed by atoms with E-state index in [4.69, 9.17) is 9.47 Å². The Morgan fingerprint density at radius 3 is 2.50 bits per heavy atom. The minimum atomic E-state index is -3.63. The second-order valence-corrected chi connectivity index (χ2v) is 10.4. The number of aryl methyl sites for hydroxylation is 1. The van der Waals surface area contributed by atoms with E-state index in [1.54, 1.807) is 20.8 Å². The first-order valence-electron chi connectivity index (χ1n) is 11.4. The van der Waals surface area contributed by atoms with Crippen molar-refractivity contribution in [3.63, 3.8) is 0 Å². The Hall–Kier alpha value is -4.33. The van der Waals surface area contributed by atoms with E-state index >= 15 is 0 Å². The molecular formula is C24H24F2N6O5S. The minimum absolute atomic E-state index is 0.0724. The molecule has 0 aliphatic carbocycles. The quantitative estimate of drug-likeness (QED) is 0.319. The summed E-state index contributed by atoms with van der Waals surface area (Å²) < 4.78 is 66.9. The van der Waals surface area contributed by atoms with E-state index in [9.17, 15) is 22.0 Å². The van der Waals surface area contributed by atoms with Gasteiger partial charge in [0.1, 0.15) is 11.6 Å². The summed E-state index contributed by atoms with van der Waals surface area (Å²) in [6.45, 7) is 6.51. The predicted molar refractivity (Wildman–Crippen MR) is 136 cm³/mol. The zero-order valence-electron chi connectivity index (χ0n) is 20.8. The summed E-state index contributed by atoms with van der Waals surface area (Å²) in [4.78, 5) is 12.4. The lowest BCUT2D eigenvalue weighted by molar-refractivity contribution is 0.130. The van der Waals surface area contributed by atoms with Crippen LogP contribution in [0.4, 0.5) is 25.0 Å². The van der Waals surface area contributed by atoms with Crippen LogP contribution in [-0.4, -0.2) is 46.2 Å². The summed E-state index contributed by atoms with van der Waals surface area (Å²) in [6, 6.07) is 8.57. The molecule has 4 aromatic rings. The summed E-state index contributed by atoms with van der Waals surface area (Å²) in [7, 11) is -3.63. The van der Waals surface area contributed by atoms with Crippen LogP contribution in [0.3, 0.4) is 0 Å². The van der Waals surface area contributed by atoms with Gasteiger partial charge in [-0.3, -0.25) is 10.0 Å². The first-order chi connectivity index (χ1) is 18.0. The molecule has 38 heavy (non-hydrogen) atoms. The highest BCUT2D eigenvalue weighted by atomic mass is 32.2. The van der Waals surface area contributed by atoms with Crippen molar-refractivity contribution in [1.29, 1.82) is 0 Å². The second-order valence-electron chi connectivity index (χ2n) is 8.40. The topological polar surface area (TPSA) is 137 Å². The summed E-state index contributed by atoms with van der Waals surface area (Å²) in [5.41, 5.74) is 1.02. The average Bonchev–Trinajstić information content (AvgIpc) is 3.22. The fourth-order valence-corrected chi connectivity index (χ4v) is 4.00. The van der Waals surface area contributed by atoms with E-state index in [1.807, 2.05) is 0 Å². The van der Waals surface area contributed by atoms with Gasteiger partial charge in [-0.25, -0.2) is 22.0 Å². The molecule has 2 N–H and O–H groups in total. The van der Waals surface area contributed by atoms with Crippen molar-refractivity contribution in [2.24, 2.45) is 0 Å². The molecule has 0 radical (unpaired) electrons. The SMILES string of the molecule is CCS(=O)(=O)Nc1ccc(Oc2ccc(F)cc2F)c(-c2cc(NC(=O)OC(C)C)c3nnc(C)n3n2)c1. The van der Waals surface area contributed by atoms with E-state index in [0.717, 1.165) is 12.1 Å². The molecule has 0 atom stereocenters. The smallest absolute Gasteiger partial charge is 0.411 e. The van der Waals surface area contributed by atoms with Gasteiger partial charge in [0.15, 0.2) is 17.4 Å². The van der Waals surface area contributed by atoms with Gasteiger partial charge in [-0.2, -0.15) is 9.61 Å². The number of ether oxygens (including phenoxy) is 2. The molecule has 2 heterocycles. The highest BCUT2D eigenvalue weighted by Gasteiger charge is 2.20. The Kier molecular flexibility index (Phi) is 7.44. The number of fused-ring (bicyclic) bond motifs is 1. The summed E-state index contributed by atoms with van der Waals surface area (Å²) in [5, 5.41) is 15.2. The van der Waals surface area contributed by atoms with Crippen LogP contribution in [0.15, 0.2) is 42.5 Å². The van der Waals surface area contributed by atoms with Gasteiger partial charge in [-0.15, -0.1) is 10.2 Å². The lowest BCUT2D eigenvalue weighted by Gasteiger charge is -2.16. The van der Waals surface area contributed by atoms with Gasteiger partial charge < -0.3 is 9.47 Å². The van der Waals surface area contributed by atoms with E-state index in [1.165, 1.54) is 35.7 Å². The number of carbonyl (C=O) groups is 1. The zero-order chi connectivity index (χ0) is 27.6. The van der Waals surface area contributed by atoms with E-state index in [-0.39, 0.29) is 51.6 Å². The molecule has 0 saturated carbocycles. The predicted octanol–water partition coefficient (Wildman–Crippen LogP) is 4.89. The molecule has 0 aliphatic rings. The molecule has 0 aliphatic heterocycles. The highest BCUT2D eigenvalue weighted by molar-refractivity contribution is 7.92. The largest absolute Gasteiger partial charge is 0.454 e. The standard InChI is InChI=1S/C24H24F2N6O5S/c1-5-38(34,35)31-16-7-9-21(37-22-8-6-15(25)10-18(22)26)17(11-16)19-12-20(27-24(33)36-13(2)3)23-29-28-14(4)32(23)30-19/h6-13,31H,5H2,1-4H3,(H,27,33). The molecule has 200 valence electrons. The van der Waals surface area contributed by atoms with Gasteiger partial charge in [0, 0.05) is 17.3 Å². The lowest BCUT2D eigenvalue weighted by Crippen LogP contribution is -2.19. The van der Waals surface area contributed by atoms with E-state index in [0.29, 0.717) is 11.9 Å². The fourth-order valence-electron chi connectivity index (χ4n) is 3.37. The number of rotatable bonds is 8. The highest BCUT2D eigenvalue weighted by Crippen LogP contribution is 2.37. The minimum Gasteiger partial charge on any atom is -0.454 e. The molecule has 0 unspecified atom stereocenters. The number of benzene rings is 2. The van der Waals surface area contributed by atoms with Crippen molar-refractivity contribution in [1.82, 2.24) is 19.8 Å². The van der Waals surface area contributed by atoms with Crippen LogP contribution in [0, 0.1) is 18.6 Å². The molecule has 11 nitrogen and oxygen atoms in total. The van der Waals surface area contributed by atoms with Crippen LogP contribution in [-0.2, 0) is 14.8 Å². The number of sulfonamides is 1. The second kappa shape index (κ2) is 10.6. The van der Waals surface area contributed by atoms with Gasteiger partial charge in [0.25, 0.3) is 0 Å². The maximum atomic E-state index is 14.4. The third-order valence-electron chi connectivity index (χ3n) is 5.13. The van der Waals surface area contributed by atoms with Crippen molar-refractivity contribution in [2.75, 3.05) is 15.8 Å². The maximum absolute atomic E-state index is 14.4. The van der Waals surface area contributed by atoms with E-state index < -0.39 is 27.8 Å². The first kappa shape index (κ1) is 26.7. The molecule has 0 spiro atoms. The fraction of sp³-hybridized carbons (Fsp3) is 0.250. The number of anilines is 2. The molecule has 0 bridgehead atoms. The third-order valence-corrected chi connectivity index (χ3v) is 6.44. The van der Waals surface area contributed by atoms with Crippen molar-refractivity contribution < 1.29 is 31.5 Å². The third kappa shape index (κ3) is 5.96. The molecule has 2 aromatic carbocycles. The van der Waals surface area contributed by atoms with E-state index in [2.05, 4.69) is 25.3 Å². The van der Waals surface area contributed by atoms with Crippen LogP contribution in [0.2, 0.25) is 0 Å². The number of hydrogen-bond acceptors (Lipinski definition) is 8. The van der Waals surface area contributed by atoms with Crippen LogP contribution in [0.1, 0.15) is 26.6 Å². The number of nitrogens with one attached hydrogen (secondary N) is 2. The summed E-state index contributed by atoms with van der Waals surface area (Å²) in [6.07, 6.45) is -1.13. The van der Waals surface area contributed by atoms with Crippen molar-refractivity contribution in [3.8, 4) is 22.8 Å². The number of carbonyl (C=O) groups excluding carboxylic acids is 1. The maximum Gasteiger partial charge on any atom is 0.411 e. The molecule has 4 rings (SSSR count). The molecule has 2 aromatic heterocycles. The Balaban J connectivity index is 1.88. The Morgan fingerprint density at radius 1 is 1.08 bits per heavy atom. The number of hydrogen-bond donors (Lipinski definition) is 2. The lowest BCUT2D eigenvalue weighted by atomic mass is 10.1. The normalized spacial score (nSPS) is 11.6. The first-order valence-corrected chi connectivity index (χ1v) is 13.1. The average molecular weight is 547 g/mol. The van der Waals surface area contributed by atoms with Crippen molar-refractivity contribution in [3.05, 3.63) is 59.9 Å². The van der Waals surface area contributed by atoms with Gasteiger partial charge in [-0.1, -0.05) is 0 Å². The van der Waals surface area contributed by atoms with Crippen molar-refractivity contribution >= 4 is 33.1 Å². The number of nitrogens with zero attached hydrogens (tertiary/aromatic N) is 4. The van der Waals surface area contributed by atoms with Crippen molar-refractivity contribution in [2.45, 2.75) is 33.8 Å². The van der Waals surface area contributed by atoms with Crippen LogP contribution in [0.25, 0.3) is 16.9 Å². The Morgan fingerprint density at radius 2 is 1.82 bits per heavy atom. The van der Waals surface area contributed by atoms with Gasteiger partial charge in [0.05, 0.1) is 23.2 Å².